The maximum Gasteiger partial charge on any atom is 0.305 e. The number of amides is 2. The number of Topliss-reactive ketones (excluding diaryl/α,β-unsaturated/α-hetero) is 1. The molecular weight excluding hydrogens is 530 g/mol. The van der Waals surface area contributed by atoms with E-state index < -0.39 is 41.7 Å². The lowest BCUT2D eigenvalue weighted by Gasteiger charge is -2.19. The van der Waals surface area contributed by atoms with Gasteiger partial charge < -0.3 is 20.2 Å². The van der Waals surface area contributed by atoms with Crippen molar-refractivity contribution in [2.45, 2.75) is 51.1 Å². The molecule has 2 unspecified atom stereocenters. The van der Waals surface area contributed by atoms with E-state index in [9.17, 15) is 29.1 Å². The number of carboxylic acids is 1. The van der Waals surface area contributed by atoms with Crippen molar-refractivity contribution < 1.29 is 28.7 Å². The Morgan fingerprint density at radius 2 is 1.90 bits per heavy atom. The smallest absolute Gasteiger partial charge is 0.305 e. The van der Waals surface area contributed by atoms with E-state index in [1.807, 2.05) is 30.3 Å². The van der Waals surface area contributed by atoms with Gasteiger partial charge in [0.1, 0.15) is 29.1 Å². The molecule has 210 valence electrons. The molecule has 3 N–H and O–H groups in total. The highest BCUT2D eigenvalue weighted by Gasteiger charge is 2.35. The average molecular weight is 558 g/mol. The van der Waals surface area contributed by atoms with Crippen LogP contribution < -0.4 is 16.2 Å². The Hall–Kier alpha value is -5.13. The lowest BCUT2D eigenvalue weighted by atomic mass is 10.1. The predicted molar refractivity (Wildman–Crippen MR) is 147 cm³/mol. The molecule has 2 aromatic carbocycles. The lowest BCUT2D eigenvalue weighted by Crippen LogP contribution is -2.46. The van der Waals surface area contributed by atoms with Crippen molar-refractivity contribution in [1.82, 2.24) is 19.9 Å². The van der Waals surface area contributed by atoms with Gasteiger partial charge in [-0.25, -0.2) is 9.97 Å². The van der Waals surface area contributed by atoms with Gasteiger partial charge in [0.2, 0.25) is 17.6 Å². The highest BCUT2D eigenvalue weighted by molar-refractivity contribution is 6.02. The number of aryl methyl sites for hydroxylation is 3. The van der Waals surface area contributed by atoms with Crippen LogP contribution in [0, 0.1) is 6.92 Å². The molecule has 0 radical (unpaired) electrons. The summed E-state index contributed by atoms with van der Waals surface area (Å²) in [6, 6.07) is 12.1. The summed E-state index contributed by atoms with van der Waals surface area (Å²) in [5.41, 5.74) is 1.83. The first-order chi connectivity index (χ1) is 19.7. The van der Waals surface area contributed by atoms with Crippen LogP contribution in [0.15, 0.2) is 63.9 Å². The third kappa shape index (κ3) is 5.91. The van der Waals surface area contributed by atoms with Crippen LogP contribution in [0.3, 0.4) is 0 Å². The van der Waals surface area contributed by atoms with Gasteiger partial charge in [0, 0.05) is 12.8 Å². The molecule has 4 aromatic rings. The van der Waals surface area contributed by atoms with E-state index in [4.69, 9.17) is 4.42 Å². The number of hydrogen-bond donors (Lipinski definition) is 3. The molecule has 12 heteroatoms. The number of aromatic nitrogens is 3. The topological polar surface area (TPSA) is 173 Å². The SMILES string of the molecule is Cc1cccc2nc(C(=O)C(CC(=O)O)NC(=O)C3CCc4ncc(NC(=O)CCc5ccccc5)c(=O)n43)oc12. The van der Waals surface area contributed by atoms with E-state index in [0.717, 1.165) is 11.1 Å². The molecule has 2 amide bonds. The first kappa shape index (κ1) is 27.4. The molecule has 0 saturated heterocycles. The largest absolute Gasteiger partial charge is 0.481 e. The number of benzene rings is 2. The highest BCUT2D eigenvalue weighted by Crippen LogP contribution is 2.25. The van der Waals surface area contributed by atoms with E-state index in [2.05, 4.69) is 20.6 Å². The number of rotatable bonds is 10. The maximum absolute atomic E-state index is 13.3. The molecule has 2 aromatic heterocycles. The summed E-state index contributed by atoms with van der Waals surface area (Å²) in [7, 11) is 0. The molecule has 0 aliphatic carbocycles. The highest BCUT2D eigenvalue weighted by atomic mass is 16.4. The van der Waals surface area contributed by atoms with Gasteiger partial charge in [0.05, 0.1) is 12.6 Å². The first-order valence-corrected chi connectivity index (χ1v) is 13.1. The number of oxazole rings is 1. The van der Waals surface area contributed by atoms with Gasteiger partial charge in [-0.15, -0.1) is 0 Å². The van der Waals surface area contributed by atoms with Crippen molar-refractivity contribution in [2.75, 3.05) is 5.32 Å². The number of anilines is 1. The zero-order valence-corrected chi connectivity index (χ0v) is 22.1. The van der Waals surface area contributed by atoms with Crippen LogP contribution in [0.4, 0.5) is 5.69 Å². The number of aliphatic carboxylic acids is 1. The summed E-state index contributed by atoms with van der Waals surface area (Å²) in [5, 5.41) is 14.5. The molecule has 0 saturated carbocycles. The molecule has 12 nitrogen and oxygen atoms in total. The normalized spacial score (nSPS) is 14.8. The van der Waals surface area contributed by atoms with Gasteiger partial charge in [-0.05, 0) is 37.0 Å². The third-order valence-corrected chi connectivity index (χ3v) is 6.92. The molecule has 1 aliphatic heterocycles. The van der Waals surface area contributed by atoms with E-state index in [1.54, 1.807) is 25.1 Å². The molecule has 0 spiro atoms. The van der Waals surface area contributed by atoms with Crippen LogP contribution in [0.2, 0.25) is 0 Å². The third-order valence-electron chi connectivity index (χ3n) is 6.92. The summed E-state index contributed by atoms with van der Waals surface area (Å²) in [6.07, 6.45) is 1.68. The second kappa shape index (κ2) is 11.5. The van der Waals surface area contributed by atoms with E-state index >= 15 is 0 Å². The second-order valence-corrected chi connectivity index (χ2v) is 9.82. The monoisotopic (exact) mass is 557 g/mol. The van der Waals surface area contributed by atoms with Crippen molar-refractivity contribution in [3.63, 3.8) is 0 Å². The van der Waals surface area contributed by atoms with Gasteiger partial charge in [0.15, 0.2) is 5.58 Å². The van der Waals surface area contributed by atoms with Crippen molar-refractivity contribution in [1.29, 1.82) is 0 Å². The number of fused-ring (bicyclic) bond motifs is 2. The molecule has 3 heterocycles. The number of carbonyl (C=O) groups is 4. The quantitative estimate of drug-likeness (QED) is 0.248. The zero-order chi connectivity index (χ0) is 29.1. The van der Waals surface area contributed by atoms with Crippen LogP contribution in [-0.4, -0.2) is 49.3 Å². The molecular formula is C29H27N5O7. The first-order valence-electron chi connectivity index (χ1n) is 13.1. The minimum atomic E-state index is -1.48. The Kier molecular flexibility index (Phi) is 7.72. The van der Waals surface area contributed by atoms with Crippen LogP contribution in [0.25, 0.3) is 11.1 Å². The molecule has 2 atom stereocenters. The fraction of sp³-hybridized carbons (Fsp3) is 0.276. The van der Waals surface area contributed by atoms with Gasteiger partial charge >= 0.3 is 5.97 Å². The number of carboxylic acid groups (broad SMARTS) is 1. The lowest BCUT2D eigenvalue weighted by molar-refractivity contribution is -0.137. The second-order valence-electron chi connectivity index (χ2n) is 9.82. The number of ketones is 1. The minimum absolute atomic E-state index is 0.0773. The Morgan fingerprint density at radius 1 is 1.12 bits per heavy atom. The molecule has 1 aliphatic rings. The van der Waals surface area contributed by atoms with E-state index in [1.165, 1.54) is 10.8 Å². The molecule has 41 heavy (non-hydrogen) atoms. The minimum Gasteiger partial charge on any atom is -0.481 e. The Balaban J connectivity index is 1.32. The van der Waals surface area contributed by atoms with Gasteiger partial charge in [-0.2, -0.15) is 0 Å². The van der Waals surface area contributed by atoms with Crippen LogP contribution in [-0.2, 0) is 27.2 Å². The van der Waals surface area contributed by atoms with Gasteiger partial charge in [0.25, 0.3) is 11.4 Å². The summed E-state index contributed by atoms with van der Waals surface area (Å²) in [5.74, 6) is -3.22. The Bertz CT molecular complexity index is 1710. The predicted octanol–water partition coefficient (Wildman–Crippen LogP) is 2.59. The van der Waals surface area contributed by atoms with Gasteiger partial charge in [-0.1, -0.05) is 42.5 Å². The van der Waals surface area contributed by atoms with Crippen molar-refractivity contribution in [3.05, 3.63) is 87.9 Å². The van der Waals surface area contributed by atoms with Crippen molar-refractivity contribution >= 4 is 40.4 Å². The zero-order valence-electron chi connectivity index (χ0n) is 22.1. The number of para-hydroxylation sites is 1. The Labute approximate surface area is 233 Å². The Morgan fingerprint density at radius 3 is 2.63 bits per heavy atom. The number of carbonyl (C=O) groups excluding carboxylic acids is 3. The molecule has 0 bridgehead atoms. The average Bonchev–Trinajstić information content (AvgIpc) is 3.59. The van der Waals surface area contributed by atoms with Gasteiger partial charge in [-0.3, -0.25) is 28.5 Å². The van der Waals surface area contributed by atoms with E-state index in [-0.39, 0.29) is 30.3 Å². The van der Waals surface area contributed by atoms with Crippen LogP contribution >= 0.6 is 0 Å². The number of nitrogens with one attached hydrogen (secondary N) is 2. The summed E-state index contributed by atoms with van der Waals surface area (Å²) >= 11 is 0. The summed E-state index contributed by atoms with van der Waals surface area (Å²) in [4.78, 5) is 72.3. The number of hydrogen-bond acceptors (Lipinski definition) is 8. The van der Waals surface area contributed by atoms with E-state index in [0.29, 0.717) is 29.8 Å². The fourth-order valence-corrected chi connectivity index (χ4v) is 4.85. The standard InChI is InChI=1S/C29H27N5O7/c1-16-6-5-9-18-26(16)41-28(33-18)25(38)19(14-24(36)37)32-27(39)21-11-12-22-30-15-20(29(40)34(21)22)31-23(35)13-10-17-7-3-2-4-8-17/h2-9,15,19,21H,10-14H2,1H3,(H,31,35)(H,32,39)(H,36,37). The van der Waals surface area contributed by atoms with Crippen LogP contribution in [0.5, 0.6) is 0 Å². The maximum atomic E-state index is 13.3. The van der Waals surface area contributed by atoms with Crippen LogP contribution in [0.1, 0.15) is 52.9 Å². The van der Waals surface area contributed by atoms with Crippen molar-refractivity contribution in [2.24, 2.45) is 0 Å². The van der Waals surface area contributed by atoms with Crippen molar-refractivity contribution in [3.8, 4) is 0 Å². The summed E-state index contributed by atoms with van der Waals surface area (Å²) < 4.78 is 6.77. The molecule has 5 rings (SSSR count). The summed E-state index contributed by atoms with van der Waals surface area (Å²) in [6.45, 7) is 1.78. The molecule has 0 fully saturated rings. The number of nitrogens with zero attached hydrogens (tertiary/aromatic N) is 3. The fourth-order valence-electron chi connectivity index (χ4n) is 4.85.